The first-order valence-electron chi connectivity index (χ1n) is 5.79. The van der Waals surface area contributed by atoms with Crippen molar-refractivity contribution in [2.75, 3.05) is 0 Å². The lowest BCUT2D eigenvalue weighted by Gasteiger charge is -2.44. The van der Waals surface area contributed by atoms with Crippen LogP contribution in [0.4, 0.5) is 0 Å². The molecular formula is C12H22. The van der Waals surface area contributed by atoms with Crippen LogP contribution in [0, 0.1) is 23.7 Å². The van der Waals surface area contributed by atoms with Crippen molar-refractivity contribution >= 4 is 0 Å². The zero-order chi connectivity index (χ0) is 8.55. The number of hydrogen-bond acceptors (Lipinski definition) is 0. The molecular weight excluding hydrogens is 144 g/mol. The van der Waals surface area contributed by atoms with Gasteiger partial charge in [0.05, 0.1) is 0 Å². The molecule has 0 nitrogen and oxygen atoms in total. The fraction of sp³-hybridized carbons (Fsp3) is 1.00. The Morgan fingerprint density at radius 3 is 2.50 bits per heavy atom. The highest BCUT2D eigenvalue weighted by Gasteiger charge is 2.36. The van der Waals surface area contributed by atoms with E-state index in [9.17, 15) is 0 Å². The molecule has 0 amide bonds. The predicted octanol–water partition coefficient (Wildman–Crippen LogP) is 3.86. The van der Waals surface area contributed by atoms with Crippen LogP contribution in [0.1, 0.15) is 52.4 Å². The van der Waals surface area contributed by atoms with Crippen molar-refractivity contribution in [1.82, 2.24) is 0 Å². The van der Waals surface area contributed by atoms with E-state index in [2.05, 4.69) is 13.8 Å². The van der Waals surface area contributed by atoms with Gasteiger partial charge in [-0.2, -0.15) is 0 Å². The van der Waals surface area contributed by atoms with Crippen LogP contribution < -0.4 is 0 Å². The molecule has 2 atom stereocenters. The summed E-state index contributed by atoms with van der Waals surface area (Å²) in [6.07, 6.45) is 9.15. The molecule has 70 valence electrons. The third kappa shape index (κ3) is 1.53. The van der Waals surface area contributed by atoms with Crippen LogP contribution in [0.3, 0.4) is 0 Å². The van der Waals surface area contributed by atoms with Gasteiger partial charge < -0.3 is 0 Å². The maximum Gasteiger partial charge on any atom is -0.0381 e. The maximum atomic E-state index is 2.45. The minimum absolute atomic E-state index is 1.01. The van der Waals surface area contributed by atoms with E-state index in [0.29, 0.717) is 0 Å². The van der Waals surface area contributed by atoms with Gasteiger partial charge in [0.1, 0.15) is 0 Å². The Morgan fingerprint density at radius 1 is 1.08 bits per heavy atom. The molecule has 0 aromatic rings. The molecule has 3 saturated carbocycles. The molecule has 0 spiro atoms. The molecule has 2 unspecified atom stereocenters. The molecule has 0 radical (unpaired) electrons. The topological polar surface area (TPSA) is 0 Å². The highest BCUT2D eigenvalue weighted by Crippen LogP contribution is 2.47. The molecule has 3 fully saturated rings. The molecule has 12 heavy (non-hydrogen) atoms. The zero-order valence-corrected chi connectivity index (χ0v) is 8.55. The summed E-state index contributed by atoms with van der Waals surface area (Å²) in [4.78, 5) is 0. The second-order valence-corrected chi connectivity index (χ2v) is 5.18. The molecule has 0 aliphatic heterocycles. The molecule has 2 bridgehead atoms. The standard InChI is InChI=1S/C12H22/c1-3-11-6-9(2)4-5-10-7-12(11)8-10/h9-12H,3-8H2,1-2H3. The first kappa shape index (κ1) is 8.59. The summed E-state index contributed by atoms with van der Waals surface area (Å²) in [7, 11) is 0. The molecule has 0 aromatic carbocycles. The Morgan fingerprint density at radius 2 is 1.83 bits per heavy atom. The Balaban J connectivity index is 1.94. The van der Waals surface area contributed by atoms with Gasteiger partial charge in [-0.05, 0) is 42.9 Å². The molecule has 0 N–H and O–H groups in total. The van der Waals surface area contributed by atoms with Gasteiger partial charge in [0.15, 0.2) is 0 Å². The molecule has 3 rings (SSSR count). The largest absolute Gasteiger partial charge is 0.0651 e. The van der Waals surface area contributed by atoms with Gasteiger partial charge in [0, 0.05) is 0 Å². The molecule has 0 heterocycles. The Bertz CT molecular complexity index is 144. The van der Waals surface area contributed by atoms with Crippen molar-refractivity contribution in [2.45, 2.75) is 52.4 Å². The van der Waals surface area contributed by atoms with E-state index in [1.54, 1.807) is 12.8 Å². The molecule has 3 aliphatic rings. The van der Waals surface area contributed by atoms with E-state index < -0.39 is 0 Å². The first-order chi connectivity index (χ1) is 5.79. The van der Waals surface area contributed by atoms with Crippen LogP contribution in [-0.2, 0) is 0 Å². The maximum absolute atomic E-state index is 2.45. The van der Waals surface area contributed by atoms with Crippen LogP contribution in [0.5, 0.6) is 0 Å². The summed E-state index contributed by atoms with van der Waals surface area (Å²) in [6.45, 7) is 4.83. The van der Waals surface area contributed by atoms with Gasteiger partial charge in [-0.3, -0.25) is 0 Å². The number of fused-ring (bicyclic) bond motifs is 4. The van der Waals surface area contributed by atoms with Crippen molar-refractivity contribution < 1.29 is 0 Å². The average Bonchev–Trinajstić information content (AvgIpc) is 1.93. The van der Waals surface area contributed by atoms with Crippen molar-refractivity contribution in [3.8, 4) is 0 Å². The third-order valence-corrected chi connectivity index (χ3v) is 4.24. The van der Waals surface area contributed by atoms with Crippen LogP contribution >= 0.6 is 0 Å². The van der Waals surface area contributed by atoms with Crippen LogP contribution in [-0.4, -0.2) is 0 Å². The summed E-state index contributed by atoms with van der Waals surface area (Å²) in [6, 6.07) is 0. The fourth-order valence-corrected chi connectivity index (χ4v) is 3.26. The molecule has 0 saturated heterocycles. The van der Waals surface area contributed by atoms with E-state index in [-0.39, 0.29) is 0 Å². The summed E-state index contributed by atoms with van der Waals surface area (Å²) < 4.78 is 0. The van der Waals surface area contributed by atoms with Gasteiger partial charge in [-0.25, -0.2) is 0 Å². The molecule has 0 heteroatoms. The minimum atomic E-state index is 1.01. The number of hydrogen-bond donors (Lipinski definition) is 0. The van der Waals surface area contributed by atoms with E-state index >= 15 is 0 Å². The summed E-state index contributed by atoms with van der Waals surface area (Å²) in [5.74, 6) is 4.35. The minimum Gasteiger partial charge on any atom is -0.0651 e. The highest BCUT2D eigenvalue weighted by atomic mass is 14.4. The molecule has 0 aromatic heterocycles. The molecule has 3 aliphatic carbocycles. The Kier molecular flexibility index (Phi) is 2.43. The smallest absolute Gasteiger partial charge is 0.0381 e. The second-order valence-electron chi connectivity index (χ2n) is 5.18. The lowest BCUT2D eigenvalue weighted by molar-refractivity contribution is 0.0694. The fourth-order valence-electron chi connectivity index (χ4n) is 3.26. The average molecular weight is 166 g/mol. The quantitative estimate of drug-likeness (QED) is 0.555. The van der Waals surface area contributed by atoms with E-state index in [4.69, 9.17) is 0 Å². The summed E-state index contributed by atoms with van der Waals surface area (Å²) >= 11 is 0. The Hall–Kier alpha value is 0. The second kappa shape index (κ2) is 3.40. The Labute approximate surface area is 76.7 Å². The van der Waals surface area contributed by atoms with E-state index in [1.807, 2.05) is 0 Å². The van der Waals surface area contributed by atoms with Crippen molar-refractivity contribution in [3.05, 3.63) is 0 Å². The lowest BCUT2D eigenvalue weighted by Crippen LogP contribution is -2.33. The van der Waals surface area contributed by atoms with Crippen molar-refractivity contribution in [1.29, 1.82) is 0 Å². The van der Waals surface area contributed by atoms with E-state index in [0.717, 1.165) is 23.7 Å². The zero-order valence-electron chi connectivity index (χ0n) is 8.55. The van der Waals surface area contributed by atoms with Gasteiger partial charge in [0.25, 0.3) is 0 Å². The van der Waals surface area contributed by atoms with E-state index in [1.165, 1.54) is 25.7 Å². The predicted molar refractivity (Wildman–Crippen MR) is 53.0 cm³/mol. The van der Waals surface area contributed by atoms with Crippen LogP contribution in [0.2, 0.25) is 0 Å². The monoisotopic (exact) mass is 166 g/mol. The SMILES string of the molecule is CCC1CC(C)CCC2CC1C2. The lowest BCUT2D eigenvalue weighted by atomic mass is 9.62. The van der Waals surface area contributed by atoms with Crippen LogP contribution in [0.15, 0.2) is 0 Å². The number of rotatable bonds is 1. The van der Waals surface area contributed by atoms with Crippen molar-refractivity contribution in [3.63, 3.8) is 0 Å². The third-order valence-electron chi connectivity index (χ3n) is 4.24. The normalized spacial score (nSPS) is 47.5. The summed E-state index contributed by atoms with van der Waals surface area (Å²) in [5.41, 5.74) is 0. The highest BCUT2D eigenvalue weighted by molar-refractivity contribution is 4.87. The van der Waals surface area contributed by atoms with Crippen molar-refractivity contribution in [2.24, 2.45) is 23.7 Å². The first-order valence-corrected chi connectivity index (χ1v) is 5.79. The van der Waals surface area contributed by atoms with Gasteiger partial charge in [-0.1, -0.05) is 33.1 Å². The van der Waals surface area contributed by atoms with Gasteiger partial charge in [-0.15, -0.1) is 0 Å². The van der Waals surface area contributed by atoms with Gasteiger partial charge >= 0.3 is 0 Å². The summed E-state index contributed by atoms with van der Waals surface area (Å²) in [5, 5.41) is 0. The van der Waals surface area contributed by atoms with Crippen LogP contribution in [0.25, 0.3) is 0 Å². The van der Waals surface area contributed by atoms with Gasteiger partial charge in [0.2, 0.25) is 0 Å².